The Kier molecular flexibility index (Phi) is 8.42. The van der Waals surface area contributed by atoms with Crippen LogP contribution in [0.4, 0.5) is 17.3 Å². The first-order valence-electron chi connectivity index (χ1n) is 15.3. The van der Waals surface area contributed by atoms with Crippen molar-refractivity contribution in [1.82, 2.24) is 25.2 Å². The second kappa shape index (κ2) is 12.5. The number of hydrogen-bond acceptors (Lipinski definition) is 9. The van der Waals surface area contributed by atoms with Gasteiger partial charge in [-0.05, 0) is 94.3 Å². The number of aromatic nitrogens is 3. The molecule has 4 N–H and O–H groups in total. The molecule has 1 saturated carbocycles. The molecule has 11 nitrogen and oxygen atoms in total. The fraction of sp³-hybridized carbons (Fsp3) is 0.469. The lowest BCUT2D eigenvalue weighted by molar-refractivity contribution is 0.0918. The molecule has 11 heteroatoms. The summed E-state index contributed by atoms with van der Waals surface area (Å²) in [4.78, 5) is 43.2. The molecule has 2 amide bonds. The van der Waals surface area contributed by atoms with Crippen molar-refractivity contribution < 1.29 is 14.3 Å². The van der Waals surface area contributed by atoms with Crippen LogP contribution in [0, 0.1) is 0 Å². The highest BCUT2D eigenvalue weighted by Gasteiger charge is 2.32. The molecule has 0 bridgehead atoms. The second-order valence-corrected chi connectivity index (χ2v) is 12.0. The van der Waals surface area contributed by atoms with Gasteiger partial charge in [-0.1, -0.05) is 6.07 Å². The molecule has 3 aliphatic rings. The molecule has 0 radical (unpaired) electrons. The highest BCUT2D eigenvalue weighted by atomic mass is 16.5. The summed E-state index contributed by atoms with van der Waals surface area (Å²) in [6.07, 6.45) is 9.72. The van der Waals surface area contributed by atoms with Crippen molar-refractivity contribution in [1.29, 1.82) is 0 Å². The van der Waals surface area contributed by atoms with Crippen LogP contribution in [0.3, 0.4) is 0 Å². The van der Waals surface area contributed by atoms with Crippen molar-refractivity contribution in [2.75, 3.05) is 36.9 Å². The maximum atomic E-state index is 13.0. The highest BCUT2D eigenvalue weighted by Crippen LogP contribution is 2.39. The van der Waals surface area contributed by atoms with Gasteiger partial charge in [-0.15, -0.1) is 0 Å². The number of pyridine rings is 1. The fourth-order valence-corrected chi connectivity index (χ4v) is 5.93. The molecular formula is C32H40N8O3. The van der Waals surface area contributed by atoms with E-state index >= 15 is 0 Å². The summed E-state index contributed by atoms with van der Waals surface area (Å²) >= 11 is 0. The normalized spacial score (nSPS) is 21.3. The number of nitrogens with zero attached hydrogens (tertiary/aromatic N) is 5. The van der Waals surface area contributed by atoms with E-state index in [9.17, 15) is 9.59 Å². The number of likely N-dealkylation sites (tertiary alicyclic amines) is 1. The molecule has 226 valence electrons. The van der Waals surface area contributed by atoms with Gasteiger partial charge >= 0.3 is 0 Å². The van der Waals surface area contributed by atoms with Gasteiger partial charge in [0.1, 0.15) is 23.4 Å². The number of carbonyl (C=O) groups is 2. The quantitative estimate of drug-likeness (QED) is 0.342. The van der Waals surface area contributed by atoms with Gasteiger partial charge in [-0.3, -0.25) is 14.6 Å². The zero-order chi connectivity index (χ0) is 29.9. The molecule has 3 fully saturated rings. The summed E-state index contributed by atoms with van der Waals surface area (Å²) in [7, 11) is 2.13. The van der Waals surface area contributed by atoms with E-state index in [2.05, 4.69) is 44.4 Å². The standard InChI is InChI=1S/C32H40N8O3/c1-20-26(37-32(42)27-12-7-22(18-34-27)21-5-6-21)4-3-15-40(20)28-19-35-29(30(33)41)31(38-28)36-23-8-10-24(11-9-23)43-25-13-16-39(2)17-14-25/h7-12,18-21,25-26H,3-6,13-17H2,1-2H3,(H2,33,41)(H,36,38)(H,37,42)/t20-,26-/m1/s1. The number of benzene rings is 1. The molecule has 4 heterocycles. The molecule has 0 spiro atoms. The summed E-state index contributed by atoms with van der Waals surface area (Å²) in [6, 6.07) is 11.3. The summed E-state index contributed by atoms with van der Waals surface area (Å²) in [5.41, 5.74) is 8.08. The van der Waals surface area contributed by atoms with Gasteiger partial charge < -0.3 is 30.9 Å². The first-order valence-corrected chi connectivity index (χ1v) is 15.3. The Morgan fingerprint density at radius 3 is 2.40 bits per heavy atom. The summed E-state index contributed by atoms with van der Waals surface area (Å²) in [5.74, 6) is 1.45. The highest BCUT2D eigenvalue weighted by molar-refractivity contribution is 5.96. The SMILES string of the molecule is C[C@@H]1[C@H](NC(=O)c2ccc(C3CC3)cn2)CCCN1c1cnc(C(N)=O)c(Nc2ccc(OC3CCN(C)CC3)cc2)n1. The number of nitrogens with one attached hydrogen (secondary N) is 2. The first-order chi connectivity index (χ1) is 20.8. The fourth-order valence-electron chi connectivity index (χ4n) is 5.93. The summed E-state index contributed by atoms with van der Waals surface area (Å²) in [6.45, 7) is 4.87. The average Bonchev–Trinajstić information content (AvgIpc) is 3.86. The van der Waals surface area contributed by atoms with Gasteiger partial charge in [0.2, 0.25) is 0 Å². The molecule has 1 aliphatic carbocycles. The lowest BCUT2D eigenvalue weighted by Crippen LogP contribution is -2.54. The molecule has 6 rings (SSSR count). The minimum Gasteiger partial charge on any atom is -0.490 e. The van der Waals surface area contributed by atoms with E-state index in [1.54, 1.807) is 6.20 Å². The predicted octanol–water partition coefficient (Wildman–Crippen LogP) is 3.85. The Morgan fingerprint density at radius 2 is 1.72 bits per heavy atom. The molecule has 2 saturated heterocycles. The topological polar surface area (TPSA) is 139 Å². The summed E-state index contributed by atoms with van der Waals surface area (Å²) in [5, 5.41) is 6.40. The van der Waals surface area contributed by atoms with Crippen LogP contribution in [-0.4, -0.2) is 76.5 Å². The monoisotopic (exact) mass is 584 g/mol. The molecule has 2 aromatic heterocycles. The molecule has 2 atom stereocenters. The molecule has 2 aliphatic heterocycles. The molecule has 43 heavy (non-hydrogen) atoms. The van der Waals surface area contributed by atoms with Gasteiger partial charge in [0.05, 0.1) is 6.20 Å². The summed E-state index contributed by atoms with van der Waals surface area (Å²) < 4.78 is 6.17. The van der Waals surface area contributed by atoms with Crippen molar-refractivity contribution in [3.8, 4) is 5.75 Å². The van der Waals surface area contributed by atoms with E-state index in [1.807, 2.05) is 42.6 Å². The number of primary amides is 1. The second-order valence-electron chi connectivity index (χ2n) is 12.0. The zero-order valence-electron chi connectivity index (χ0n) is 24.8. The van der Waals surface area contributed by atoms with Gasteiger partial charge in [-0.2, -0.15) is 0 Å². The van der Waals surface area contributed by atoms with Crippen LogP contribution in [0.1, 0.15) is 77.9 Å². The average molecular weight is 585 g/mol. The van der Waals surface area contributed by atoms with Crippen LogP contribution in [0.2, 0.25) is 0 Å². The van der Waals surface area contributed by atoms with E-state index in [-0.39, 0.29) is 35.6 Å². The maximum absolute atomic E-state index is 13.0. The molecule has 0 unspecified atom stereocenters. The Morgan fingerprint density at radius 1 is 0.953 bits per heavy atom. The Balaban J connectivity index is 1.13. The van der Waals surface area contributed by atoms with Gasteiger partial charge in [0, 0.05) is 43.6 Å². The zero-order valence-corrected chi connectivity index (χ0v) is 24.8. The predicted molar refractivity (Wildman–Crippen MR) is 165 cm³/mol. The van der Waals surface area contributed by atoms with E-state index in [1.165, 1.54) is 18.4 Å². The van der Waals surface area contributed by atoms with Gasteiger partial charge in [-0.25, -0.2) is 9.97 Å². The number of amides is 2. The maximum Gasteiger partial charge on any atom is 0.271 e. The van der Waals surface area contributed by atoms with Crippen molar-refractivity contribution in [3.05, 3.63) is 65.7 Å². The smallest absolute Gasteiger partial charge is 0.271 e. The number of nitrogens with two attached hydrogens (primary N) is 1. The van der Waals surface area contributed by atoms with Crippen molar-refractivity contribution in [2.45, 2.75) is 69.6 Å². The Bertz CT molecular complexity index is 1440. The number of piperidine rings is 2. The van der Waals surface area contributed by atoms with Gasteiger partial charge in [0.15, 0.2) is 11.5 Å². The third-order valence-electron chi connectivity index (χ3n) is 8.75. The van der Waals surface area contributed by atoms with Crippen LogP contribution >= 0.6 is 0 Å². The van der Waals surface area contributed by atoms with E-state index in [0.717, 1.165) is 56.8 Å². The van der Waals surface area contributed by atoms with Crippen LogP contribution in [0.5, 0.6) is 5.75 Å². The molecule has 3 aromatic rings. The minimum atomic E-state index is -0.666. The third-order valence-corrected chi connectivity index (χ3v) is 8.75. The van der Waals surface area contributed by atoms with Crippen LogP contribution in [-0.2, 0) is 0 Å². The number of hydrogen-bond donors (Lipinski definition) is 3. The van der Waals surface area contributed by atoms with E-state index in [0.29, 0.717) is 17.4 Å². The number of rotatable bonds is 9. The number of carbonyl (C=O) groups excluding carboxylic acids is 2. The number of ether oxygens (including phenoxy) is 1. The molecular weight excluding hydrogens is 544 g/mol. The van der Waals surface area contributed by atoms with E-state index < -0.39 is 5.91 Å². The van der Waals surface area contributed by atoms with Gasteiger partial charge in [0.25, 0.3) is 11.8 Å². The lowest BCUT2D eigenvalue weighted by atomic mass is 9.97. The minimum absolute atomic E-state index is 0.0546. The largest absolute Gasteiger partial charge is 0.490 e. The first kappa shape index (κ1) is 28.9. The number of anilines is 3. The third kappa shape index (κ3) is 6.88. The molecule has 1 aromatic carbocycles. The van der Waals surface area contributed by atoms with Crippen LogP contribution in [0.25, 0.3) is 0 Å². The van der Waals surface area contributed by atoms with Crippen LogP contribution in [0.15, 0.2) is 48.8 Å². The van der Waals surface area contributed by atoms with E-state index in [4.69, 9.17) is 15.5 Å². The Labute approximate surface area is 252 Å². The van der Waals surface area contributed by atoms with Crippen molar-refractivity contribution in [2.24, 2.45) is 5.73 Å². The van der Waals surface area contributed by atoms with Crippen LogP contribution < -0.4 is 26.0 Å². The lowest BCUT2D eigenvalue weighted by Gasteiger charge is -2.40. The van der Waals surface area contributed by atoms with Crippen molar-refractivity contribution >= 4 is 29.1 Å². The Hall–Kier alpha value is -4.25. The van der Waals surface area contributed by atoms with Crippen molar-refractivity contribution in [3.63, 3.8) is 0 Å².